The molecule has 0 saturated heterocycles. The summed E-state index contributed by atoms with van der Waals surface area (Å²) in [6.07, 6.45) is -4.21. The van der Waals surface area contributed by atoms with E-state index in [0.29, 0.717) is 0 Å². The summed E-state index contributed by atoms with van der Waals surface area (Å²) in [6, 6.07) is 6.36. The lowest BCUT2D eigenvalue weighted by molar-refractivity contribution is -0.137. The van der Waals surface area contributed by atoms with Crippen LogP contribution in [0, 0.1) is 0 Å². The van der Waals surface area contributed by atoms with Gasteiger partial charge in [-0.2, -0.15) is 21.6 Å². The van der Waals surface area contributed by atoms with E-state index in [1.165, 1.54) is 12.1 Å². The second-order valence-electron chi connectivity index (χ2n) is 2.24. The monoisotopic (exact) mass is 248 g/mol. The molecule has 1 aromatic rings. The molecule has 0 spiro atoms. The molecule has 0 saturated carbocycles. The van der Waals surface area contributed by atoms with Gasteiger partial charge >= 0.3 is 16.8 Å². The molecule has 0 fully saturated rings. The number of hydrogen-bond acceptors (Lipinski definition) is 2. The van der Waals surface area contributed by atoms with Crippen LogP contribution in [0.15, 0.2) is 30.3 Å². The summed E-state index contributed by atoms with van der Waals surface area (Å²) in [5.41, 5.74) is -0.602. The number of halogens is 5. The van der Waals surface area contributed by atoms with Crippen molar-refractivity contribution in [2.75, 3.05) is 0 Å². The second kappa shape index (κ2) is 5.06. The Morgan fingerprint density at radius 1 is 0.933 bits per heavy atom. The molecule has 8 heteroatoms. The first-order valence-electron chi connectivity index (χ1n) is 3.37. The van der Waals surface area contributed by atoms with Crippen LogP contribution in [0.1, 0.15) is 5.56 Å². The minimum absolute atomic E-state index is 0.602. The van der Waals surface area contributed by atoms with Gasteiger partial charge in [-0.3, -0.25) is 0 Å². The Balaban J connectivity index is 0.000000336. The zero-order valence-electron chi connectivity index (χ0n) is 7.00. The molecule has 15 heavy (non-hydrogen) atoms. The maximum atomic E-state index is 11.8. The number of alkyl halides is 3. The van der Waals surface area contributed by atoms with Crippen LogP contribution in [0.2, 0.25) is 0 Å². The van der Waals surface area contributed by atoms with Crippen molar-refractivity contribution in [3.63, 3.8) is 0 Å². The van der Waals surface area contributed by atoms with Crippen molar-refractivity contribution in [2.24, 2.45) is 0 Å². The van der Waals surface area contributed by atoms with Crippen LogP contribution < -0.4 is 0 Å². The number of hydrogen-bond donors (Lipinski definition) is 0. The molecule has 0 N–H and O–H groups in total. The van der Waals surface area contributed by atoms with Gasteiger partial charge in [-0.15, -0.1) is 0 Å². The first-order chi connectivity index (χ1) is 6.61. The Labute approximate surface area is 82.8 Å². The summed E-state index contributed by atoms with van der Waals surface area (Å²) in [4.78, 5) is 0. The average molecular weight is 248 g/mol. The Kier molecular flexibility index (Phi) is 4.66. The van der Waals surface area contributed by atoms with E-state index < -0.39 is 22.3 Å². The van der Waals surface area contributed by atoms with E-state index in [2.05, 4.69) is 0 Å². The molecule has 0 aromatic heterocycles. The van der Waals surface area contributed by atoms with Crippen molar-refractivity contribution in [1.29, 1.82) is 0 Å². The quantitative estimate of drug-likeness (QED) is 0.522. The highest BCUT2D eigenvalue weighted by Gasteiger charge is 2.29. The van der Waals surface area contributed by atoms with Gasteiger partial charge in [-0.05, 0) is 0 Å². The normalized spacial score (nSPS) is 11.5. The lowest BCUT2D eigenvalue weighted by Crippen LogP contribution is -2.03. The Morgan fingerprint density at radius 3 is 1.47 bits per heavy atom. The van der Waals surface area contributed by atoms with Crippen molar-refractivity contribution in [1.82, 2.24) is 0 Å². The van der Waals surface area contributed by atoms with E-state index in [1.807, 2.05) is 0 Å². The van der Waals surface area contributed by atoms with Gasteiger partial charge in [0.25, 0.3) is 0 Å². The van der Waals surface area contributed by atoms with Crippen LogP contribution in [0.25, 0.3) is 0 Å². The highest BCUT2D eigenvalue weighted by Crippen LogP contribution is 2.28. The van der Waals surface area contributed by atoms with E-state index in [1.54, 1.807) is 6.07 Å². The molecule has 0 bridgehead atoms. The fourth-order valence-electron chi connectivity index (χ4n) is 0.627. The van der Waals surface area contributed by atoms with Crippen LogP contribution in [0.5, 0.6) is 0 Å². The Bertz CT molecular complexity index is 376. The Morgan fingerprint density at radius 2 is 1.27 bits per heavy atom. The predicted molar refractivity (Wildman–Crippen MR) is 42.6 cm³/mol. The van der Waals surface area contributed by atoms with Gasteiger partial charge in [0.2, 0.25) is 0 Å². The molecule has 1 rings (SSSR count). The molecular weight excluding hydrogens is 243 g/mol. The van der Waals surface area contributed by atoms with Gasteiger partial charge in [-0.25, -0.2) is 0 Å². The fourth-order valence-corrected chi connectivity index (χ4v) is 0.627. The molecule has 2 nitrogen and oxygen atoms in total. The third kappa shape index (κ3) is 9.13. The van der Waals surface area contributed by atoms with Gasteiger partial charge in [-0.1, -0.05) is 38.1 Å². The van der Waals surface area contributed by atoms with Gasteiger partial charge < -0.3 is 0 Å². The van der Waals surface area contributed by atoms with E-state index >= 15 is 0 Å². The van der Waals surface area contributed by atoms with Crippen LogP contribution in [-0.4, -0.2) is 8.42 Å². The molecule has 0 aliphatic heterocycles. The molecular formula is C7H5F5O2S. The molecule has 86 valence electrons. The fraction of sp³-hybridized carbons (Fsp3) is 0.143. The van der Waals surface area contributed by atoms with Crippen LogP contribution in [0.3, 0.4) is 0 Å². The van der Waals surface area contributed by atoms with Crippen molar-refractivity contribution >= 4 is 10.6 Å². The summed E-state index contributed by atoms with van der Waals surface area (Å²) in [6.45, 7) is 0. The van der Waals surface area contributed by atoms with Crippen LogP contribution >= 0.6 is 0 Å². The van der Waals surface area contributed by atoms with Gasteiger partial charge in [0.05, 0.1) is 5.56 Å². The SMILES string of the molecule is FC(F)(F)c1ccccc1.O=S(=O)(F)F. The summed E-state index contributed by atoms with van der Waals surface area (Å²) < 4.78 is 71.9. The zero-order valence-corrected chi connectivity index (χ0v) is 7.82. The first-order valence-corrected chi connectivity index (χ1v) is 4.65. The molecule has 0 radical (unpaired) electrons. The average Bonchev–Trinajstić information content (AvgIpc) is 2.01. The number of benzene rings is 1. The molecule has 0 unspecified atom stereocenters. The smallest absolute Gasteiger partial charge is 0.166 e. The number of rotatable bonds is 0. The molecule has 0 aliphatic rings. The standard InChI is InChI=1S/C7H5F3.F2O2S/c8-7(9,10)6-4-2-1-3-5-6;1-5(2,3)4/h1-5H;. The van der Waals surface area contributed by atoms with Crippen molar-refractivity contribution in [3.05, 3.63) is 35.9 Å². The third-order valence-corrected chi connectivity index (χ3v) is 1.10. The zero-order chi connectivity index (χ0) is 12.1. The topological polar surface area (TPSA) is 34.1 Å². The molecule has 0 aliphatic carbocycles. The molecule has 0 heterocycles. The van der Waals surface area contributed by atoms with Crippen molar-refractivity contribution in [2.45, 2.75) is 6.18 Å². The molecule has 0 atom stereocenters. The van der Waals surface area contributed by atoms with E-state index in [4.69, 9.17) is 8.42 Å². The predicted octanol–water partition coefficient (Wildman–Crippen LogP) is 2.88. The molecule has 0 amide bonds. The van der Waals surface area contributed by atoms with Crippen LogP contribution in [0.4, 0.5) is 20.9 Å². The summed E-state index contributed by atoms with van der Waals surface area (Å²) >= 11 is 0. The van der Waals surface area contributed by atoms with Gasteiger partial charge in [0, 0.05) is 0 Å². The minimum atomic E-state index is -5.67. The van der Waals surface area contributed by atoms with Gasteiger partial charge in [0.15, 0.2) is 0 Å². The van der Waals surface area contributed by atoms with Crippen molar-refractivity contribution in [3.8, 4) is 0 Å². The van der Waals surface area contributed by atoms with E-state index in [9.17, 15) is 20.9 Å². The summed E-state index contributed by atoms with van der Waals surface area (Å²) in [5.74, 6) is 0. The summed E-state index contributed by atoms with van der Waals surface area (Å²) in [7, 11) is -5.67. The lowest BCUT2D eigenvalue weighted by atomic mass is 10.2. The molecule has 1 aromatic carbocycles. The minimum Gasteiger partial charge on any atom is -0.166 e. The third-order valence-electron chi connectivity index (χ3n) is 1.10. The van der Waals surface area contributed by atoms with E-state index in [-0.39, 0.29) is 0 Å². The highest BCUT2D eigenvalue weighted by atomic mass is 32.3. The van der Waals surface area contributed by atoms with Crippen LogP contribution in [-0.2, 0) is 16.8 Å². The maximum Gasteiger partial charge on any atom is 0.476 e. The lowest BCUT2D eigenvalue weighted by Gasteiger charge is -2.03. The highest BCUT2D eigenvalue weighted by molar-refractivity contribution is 7.81. The maximum absolute atomic E-state index is 11.8. The Hall–Kier alpha value is -1.18. The van der Waals surface area contributed by atoms with Crippen molar-refractivity contribution < 1.29 is 29.4 Å². The van der Waals surface area contributed by atoms with Gasteiger partial charge in [0.1, 0.15) is 0 Å². The first kappa shape index (κ1) is 13.8. The second-order valence-corrected chi connectivity index (χ2v) is 3.00. The largest absolute Gasteiger partial charge is 0.476 e. The van der Waals surface area contributed by atoms with E-state index in [0.717, 1.165) is 12.1 Å². The summed E-state index contributed by atoms with van der Waals surface area (Å²) in [5, 5.41) is 0.